The van der Waals surface area contributed by atoms with Gasteiger partial charge in [0.1, 0.15) is 0 Å². The third kappa shape index (κ3) is 5.87. The van der Waals surface area contributed by atoms with Crippen molar-refractivity contribution < 1.29 is 14.7 Å². The maximum atomic E-state index is 11.7. The van der Waals surface area contributed by atoms with Crippen LogP contribution in [0.3, 0.4) is 0 Å². The average Bonchev–Trinajstić information content (AvgIpc) is 2.39. The van der Waals surface area contributed by atoms with Gasteiger partial charge in [-0.25, -0.2) is 0 Å². The topological polar surface area (TPSA) is 66.4 Å². The molecule has 0 radical (unpaired) electrons. The van der Waals surface area contributed by atoms with Crippen LogP contribution in [0, 0.1) is 11.8 Å². The Hall–Kier alpha value is -1.84. The molecule has 1 unspecified atom stereocenters. The van der Waals surface area contributed by atoms with Gasteiger partial charge in [0.15, 0.2) is 0 Å². The van der Waals surface area contributed by atoms with Crippen molar-refractivity contribution in [2.24, 2.45) is 11.8 Å². The van der Waals surface area contributed by atoms with E-state index < -0.39 is 11.9 Å². The highest BCUT2D eigenvalue weighted by atomic mass is 16.4. The second-order valence-corrected chi connectivity index (χ2v) is 5.33. The zero-order valence-corrected chi connectivity index (χ0v) is 12.1. The Kier molecular flexibility index (Phi) is 6.77. The number of aryl methyl sites for hydroxylation is 1. The number of rotatable bonds is 8. The van der Waals surface area contributed by atoms with Gasteiger partial charge in [0.25, 0.3) is 0 Å². The molecule has 0 aliphatic rings. The fourth-order valence-corrected chi connectivity index (χ4v) is 2.02. The van der Waals surface area contributed by atoms with Gasteiger partial charge >= 0.3 is 5.97 Å². The van der Waals surface area contributed by atoms with Gasteiger partial charge in [0.05, 0.1) is 5.92 Å². The monoisotopic (exact) mass is 277 g/mol. The molecule has 4 heteroatoms. The Balaban J connectivity index is 2.25. The summed E-state index contributed by atoms with van der Waals surface area (Å²) < 4.78 is 0. The van der Waals surface area contributed by atoms with E-state index in [-0.39, 0.29) is 18.4 Å². The lowest BCUT2D eigenvalue weighted by molar-refractivity contribution is -0.143. The van der Waals surface area contributed by atoms with Gasteiger partial charge in [0, 0.05) is 13.0 Å². The highest BCUT2D eigenvalue weighted by Crippen LogP contribution is 2.10. The third-order valence-corrected chi connectivity index (χ3v) is 3.35. The van der Waals surface area contributed by atoms with Crippen LogP contribution in [0.5, 0.6) is 0 Å². The predicted octanol–water partition coefficient (Wildman–Crippen LogP) is 2.48. The van der Waals surface area contributed by atoms with Crippen molar-refractivity contribution in [1.82, 2.24) is 5.32 Å². The lowest BCUT2D eigenvalue weighted by Crippen LogP contribution is -2.35. The lowest BCUT2D eigenvalue weighted by Gasteiger charge is -2.16. The number of carboxylic acid groups (broad SMARTS) is 1. The van der Waals surface area contributed by atoms with Crippen LogP contribution in [0.2, 0.25) is 0 Å². The van der Waals surface area contributed by atoms with E-state index in [9.17, 15) is 9.59 Å². The highest BCUT2D eigenvalue weighted by molar-refractivity contribution is 5.77. The molecule has 1 aromatic carbocycles. The molecule has 0 fully saturated rings. The van der Waals surface area contributed by atoms with Crippen LogP contribution in [0.15, 0.2) is 30.3 Å². The molecule has 0 aliphatic heterocycles. The van der Waals surface area contributed by atoms with Gasteiger partial charge in [-0.05, 0) is 24.3 Å². The quantitative estimate of drug-likeness (QED) is 0.767. The molecule has 0 heterocycles. The standard InChI is InChI=1S/C16H23NO3/c1-12(2)14(16(19)20)11-17-15(18)10-6-9-13-7-4-3-5-8-13/h3-5,7-8,12,14H,6,9-11H2,1-2H3,(H,17,18)(H,19,20). The van der Waals surface area contributed by atoms with E-state index in [1.807, 2.05) is 44.2 Å². The summed E-state index contributed by atoms with van der Waals surface area (Å²) in [7, 11) is 0. The summed E-state index contributed by atoms with van der Waals surface area (Å²) in [5.41, 5.74) is 1.21. The van der Waals surface area contributed by atoms with Crippen molar-refractivity contribution >= 4 is 11.9 Å². The van der Waals surface area contributed by atoms with Crippen LogP contribution in [-0.2, 0) is 16.0 Å². The first-order valence-electron chi connectivity index (χ1n) is 7.04. The predicted molar refractivity (Wildman–Crippen MR) is 78.4 cm³/mol. The number of amides is 1. The van der Waals surface area contributed by atoms with Crippen LogP contribution in [0.1, 0.15) is 32.3 Å². The Morgan fingerprint density at radius 3 is 2.40 bits per heavy atom. The largest absolute Gasteiger partial charge is 0.481 e. The van der Waals surface area contributed by atoms with Crippen LogP contribution >= 0.6 is 0 Å². The number of aliphatic carboxylic acids is 1. The van der Waals surface area contributed by atoms with Gasteiger partial charge in [-0.15, -0.1) is 0 Å². The molecule has 0 saturated carbocycles. The second kappa shape index (κ2) is 8.35. The minimum atomic E-state index is -0.857. The van der Waals surface area contributed by atoms with E-state index >= 15 is 0 Å². The van der Waals surface area contributed by atoms with Crippen molar-refractivity contribution in [3.63, 3.8) is 0 Å². The van der Waals surface area contributed by atoms with E-state index in [4.69, 9.17) is 5.11 Å². The maximum Gasteiger partial charge on any atom is 0.308 e. The number of carboxylic acids is 1. The molecule has 0 aromatic heterocycles. The lowest BCUT2D eigenvalue weighted by atomic mass is 9.96. The van der Waals surface area contributed by atoms with Gasteiger partial charge in [-0.3, -0.25) is 9.59 Å². The zero-order chi connectivity index (χ0) is 15.0. The van der Waals surface area contributed by atoms with Gasteiger partial charge in [-0.2, -0.15) is 0 Å². The van der Waals surface area contributed by atoms with E-state index in [1.54, 1.807) is 0 Å². The normalized spacial score (nSPS) is 12.2. The molecule has 20 heavy (non-hydrogen) atoms. The zero-order valence-electron chi connectivity index (χ0n) is 12.1. The summed E-state index contributed by atoms with van der Waals surface area (Å²) in [4.78, 5) is 22.7. The minimum absolute atomic E-state index is 0.0112. The molecule has 1 rings (SSSR count). The first-order chi connectivity index (χ1) is 9.50. The molecular formula is C16H23NO3. The summed E-state index contributed by atoms with van der Waals surface area (Å²) in [6.45, 7) is 3.90. The van der Waals surface area contributed by atoms with E-state index in [1.165, 1.54) is 5.56 Å². The third-order valence-electron chi connectivity index (χ3n) is 3.35. The van der Waals surface area contributed by atoms with Gasteiger partial charge in [0.2, 0.25) is 5.91 Å². The Labute approximate surface area is 120 Å². The van der Waals surface area contributed by atoms with Crippen molar-refractivity contribution in [2.45, 2.75) is 33.1 Å². The maximum absolute atomic E-state index is 11.7. The average molecular weight is 277 g/mol. The number of nitrogens with one attached hydrogen (secondary N) is 1. The SMILES string of the molecule is CC(C)C(CNC(=O)CCCc1ccccc1)C(=O)O. The van der Waals surface area contributed by atoms with Crippen LogP contribution < -0.4 is 5.32 Å². The van der Waals surface area contributed by atoms with Crippen molar-refractivity contribution in [3.8, 4) is 0 Å². The first-order valence-corrected chi connectivity index (χ1v) is 7.04. The van der Waals surface area contributed by atoms with Crippen molar-refractivity contribution in [1.29, 1.82) is 0 Å². The van der Waals surface area contributed by atoms with Crippen LogP contribution in [0.4, 0.5) is 0 Å². The summed E-state index contributed by atoms with van der Waals surface area (Å²) in [5.74, 6) is -1.44. The smallest absolute Gasteiger partial charge is 0.308 e. The molecule has 2 N–H and O–H groups in total. The summed E-state index contributed by atoms with van der Waals surface area (Å²) in [6.07, 6.45) is 2.06. The summed E-state index contributed by atoms with van der Waals surface area (Å²) in [5, 5.41) is 11.7. The summed E-state index contributed by atoms with van der Waals surface area (Å²) >= 11 is 0. The van der Waals surface area contributed by atoms with Gasteiger partial charge < -0.3 is 10.4 Å². The van der Waals surface area contributed by atoms with Crippen molar-refractivity contribution in [2.75, 3.05) is 6.54 Å². The molecule has 0 bridgehead atoms. The molecule has 4 nitrogen and oxygen atoms in total. The number of carbonyl (C=O) groups is 2. The second-order valence-electron chi connectivity index (χ2n) is 5.33. The van der Waals surface area contributed by atoms with E-state index in [2.05, 4.69) is 5.32 Å². The molecule has 0 spiro atoms. The van der Waals surface area contributed by atoms with E-state index in [0.29, 0.717) is 6.42 Å². The van der Waals surface area contributed by atoms with Crippen LogP contribution in [-0.4, -0.2) is 23.5 Å². The fourth-order valence-electron chi connectivity index (χ4n) is 2.02. The van der Waals surface area contributed by atoms with Gasteiger partial charge in [-0.1, -0.05) is 44.2 Å². The number of hydrogen-bond donors (Lipinski definition) is 2. The molecule has 1 amide bonds. The molecule has 0 saturated heterocycles. The Morgan fingerprint density at radius 2 is 1.85 bits per heavy atom. The minimum Gasteiger partial charge on any atom is -0.481 e. The fraction of sp³-hybridized carbons (Fsp3) is 0.500. The number of carbonyl (C=O) groups excluding carboxylic acids is 1. The molecule has 110 valence electrons. The molecule has 1 aromatic rings. The number of benzene rings is 1. The first kappa shape index (κ1) is 16.2. The molecule has 1 atom stereocenters. The highest BCUT2D eigenvalue weighted by Gasteiger charge is 2.21. The number of hydrogen-bond acceptors (Lipinski definition) is 2. The Bertz CT molecular complexity index is 429. The van der Waals surface area contributed by atoms with Crippen LogP contribution in [0.25, 0.3) is 0 Å². The van der Waals surface area contributed by atoms with Crippen molar-refractivity contribution in [3.05, 3.63) is 35.9 Å². The Morgan fingerprint density at radius 1 is 1.20 bits per heavy atom. The molecule has 0 aliphatic carbocycles. The summed E-state index contributed by atoms with van der Waals surface area (Å²) in [6, 6.07) is 10.0. The van der Waals surface area contributed by atoms with E-state index in [0.717, 1.165) is 12.8 Å². The molecular weight excluding hydrogens is 254 g/mol.